The fraction of sp³-hybridized carbons (Fsp3) is 0.400. The summed E-state index contributed by atoms with van der Waals surface area (Å²) in [5.41, 5.74) is 1.63. The standard InChI is InChI=1S/C15H18N2O3S/c1-21(19,20)11-12-5-7-17(9-12)15(18)13-8-14-4-2-3-6-16(14)10-13/h2-4,6,8,10,12H,5,7,9,11H2,1H3. The minimum Gasteiger partial charge on any atom is -0.338 e. The van der Waals surface area contributed by atoms with E-state index in [4.69, 9.17) is 0 Å². The number of nitrogens with zero attached hydrogens (tertiary/aromatic N) is 2. The molecular weight excluding hydrogens is 288 g/mol. The van der Waals surface area contributed by atoms with Crippen LogP contribution in [0, 0.1) is 5.92 Å². The van der Waals surface area contributed by atoms with Gasteiger partial charge in [-0.05, 0) is 30.5 Å². The van der Waals surface area contributed by atoms with Gasteiger partial charge in [-0.2, -0.15) is 0 Å². The molecule has 1 atom stereocenters. The lowest BCUT2D eigenvalue weighted by Gasteiger charge is -2.15. The Kier molecular flexibility index (Phi) is 3.49. The first kappa shape index (κ1) is 14.1. The Balaban J connectivity index is 1.74. The maximum absolute atomic E-state index is 12.5. The Hall–Kier alpha value is -1.82. The van der Waals surface area contributed by atoms with Gasteiger partial charge in [-0.15, -0.1) is 0 Å². The molecule has 21 heavy (non-hydrogen) atoms. The van der Waals surface area contributed by atoms with Gasteiger partial charge in [-0.3, -0.25) is 4.79 Å². The second-order valence-corrected chi connectivity index (χ2v) is 7.94. The summed E-state index contributed by atoms with van der Waals surface area (Å²) in [6.07, 6.45) is 5.73. The van der Waals surface area contributed by atoms with Crippen molar-refractivity contribution in [1.82, 2.24) is 9.30 Å². The molecular formula is C15H18N2O3S. The van der Waals surface area contributed by atoms with Crippen LogP contribution in [0.25, 0.3) is 5.52 Å². The Morgan fingerprint density at radius 3 is 2.90 bits per heavy atom. The highest BCUT2D eigenvalue weighted by Gasteiger charge is 2.29. The van der Waals surface area contributed by atoms with Gasteiger partial charge in [0.05, 0.1) is 11.3 Å². The normalized spacial score (nSPS) is 19.3. The molecule has 112 valence electrons. The number of fused-ring (bicyclic) bond motifs is 1. The van der Waals surface area contributed by atoms with Crippen molar-refractivity contribution in [3.05, 3.63) is 42.2 Å². The smallest absolute Gasteiger partial charge is 0.255 e. The molecule has 0 spiro atoms. The van der Waals surface area contributed by atoms with Crippen LogP contribution in [0.2, 0.25) is 0 Å². The maximum atomic E-state index is 12.5. The maximum Gasteiger partial charge on any atom is 0.255 e. The van der Waals surface area contributed by atoms with Gasteiger partial charge < -0.3 is 9.30 Å². The van der Waals surface area contributed by atoms with Crippen LogP contribution in [-0.4, -0.2) is 48.7 Å². The van der Waals surface area contributed by atoms with Crippen molar-refractivity contribution in [1.29, 1.82) is 0 Å². The highest BCUT2D eigenvalue weighted by atomic mass is 32.2. The van der Waals surface area contributed by atoms with Crippen molar-refractivity contribution in [3.63, 3.8) is 0 Å². The number of likely N-dealkylation sites (tertiary alicyclic amines) is 1. The molecule has 1 aliphatic heterocycles. The summed E-state index contributed by atoms with van der Waals surface area (Å²) in [7, 11) is -2.98. The molecule has 0 radical (unpaired) electrons. The Bertz CT molecular complexity index is 746. The average molecular weight is 306 g/mol. The van der Waals surface area contributed by atoms with Gasteiger partial charge in [0.25, 0.3) is 5.91 Å². The molecule has 1 amide bonds. The van der Waals surface area contributed by atoms with Crippen molar-refractivity contribution >= 4 is 21.3 Å². The van der Waals surface area contributed by atoms with Gasteiger partial charge >= 0.3 is 0 Å². The van der Waals surface area contributed by atoms with E-state index in [0.717, 1.165) is 11.9 Å². The molecule has 3 heterocycles. The molecule has 2 aromatic rings. The number of aromatic nitrogens is 1. The van der Waals surface area contributed by atoms with Gasteiger partial charge in [-0.1, -0.05) is 6.07 Å². The SMILES string of the molecule is CS(=O)(=O)CC1CCN(C(=O)c2cc3ccccn3c2)C1. The zero-order chi connectivity index (χ0) is 15.0. The number of amides is 1. The second-order valence-electron chi connectivity index (χ2n) is 5.76. The predicted octanol–water partition coefficient (Wildman–Crippen LogP) is 1.45. The zero-order valence-corrected chi connectivity index (χ0v) is 12.7. The summed E-state index contributed by atoms with van der Waals surface area (Å²) in [4.78, 5) is 14.2. The molecule has 0 saturated carbocycles. The molecule has 1 fully saturated rings. The quantitative estimate of drug-likeness (QED) is 0.862. The molecule has 1 saturated heterocycles. The topological polar surface area (TPSA) is 58.9 Å². The van der Waals surface area contributed by atoms with E-state index >= 15 is 0 Å². The third kappa shape index (κ3) is 3.10. The van der Waals surface area contributed by atoms with Crippen LogP contribution in [0.3, 0.4) is 0 Å². The third-order valence-corrected chi connectivity index (χ3v) is 4.94. The molecule has 3 rings (SSSR count). The second kappa shape index (κ2) is 5.18. The van der Waals surface area contributed by atoms with E-state index < -0.39 is 9.84 Å². The summed E-state index contributed by atoms with van der Waals surface area (Å²) < 4.78 is 24.6. The van der Waals surface area contributed by atoms with Crippen LogP contribution < -0.4 is 0 Å². The summed E-state index contributed by atoms with van der Waals surface area (Å²) >= 11 is 0. The molecule has 0 N–H and O–H groups in total. The first-order valence-corrected chi connectivity index (χ1v) is 9.02. The van der Waals surface area contributed by atoms with Crippen molar-refractivity contribution in [2.45, 2.75) is 6.42 Å². The Labute approximate surface area is 124 Å². The molecule has 1 aliphatic rings. The van der Waals surface area contributed by atoms with E-state index in [1.807, 2.05) is 41.1 Å². The highest BCUT2D eigenvalue weighted by Crippen LogP contribution is 2.21. The van der Waals surface area contributed by atoms with Gasteiger partial charge in [0.1, 0.15) is 9.84 Å². The van der Waals surface area contributed by atoms with Crippen LogP contribution in [0.4, 0.5) is 0 Å². The minimum atomic E-state index is -2.98. The van der Waals surface area contributed by atoms with Crippen molar-refractivity contribution < 1.29 is 13.2 Å². The fourth-order valence-electron chi connectivity index (χ4n) is 2.94. The lowest BCUT2D eigenvalue weighted by Crippen LogP contribution is -2.29. The van der Waals surface area contributed by atoms with Gasteiger partial charge in [-0.25, -0.2) is 8.42 Å². The molecule has 1 unspecified atom stereocenters. The summed E-state index contributed by atoms with van der Waals surface area (Å²) in [6, 6.07) is 7.67. The van der Waals surface area contributed by atoms with Gasteiger partial charge in [0, 0.05) is 37.3 Å². The number of sulfone groups is 1. The molecule has 0 aromatic carbocycles. The first-order valence-electron chi connectivity index (χ1n) is 6.96. The summed E-state index contributed by atoms with van der Waals surface area (Å²) in [5, 5.41) is 0. The van der Waals surface area contributed by atoms with E-state index in [-0.39, 0.29) is 17.6 Å². The van der Waals surface area contributed by atoms with E-state index in [0.29, 0.717) is 18.7 Å². The monoisotopic (exact) mass is 306 g/mol. The van der Waals surface area contributed by atoms with Crippen LogP contribution in [-0.2, 0) is 9.84 Å². The highest BCUT2D eigenvalue weighted by molar-refractivity contribution is 7.90. The lowest BCUT2D eigenvalue weighted by atomic mass is 10.2. The summed E-state index contributed by atoms with van der Waals surface area (Å²) in [5.74, 6) is 0.199. The zero-order valence-electron chi connectivity index (χ0n) is 11.9. The molecule has 6 heteroatoms. The van der Waals surface area contributed by atoms with Crippen molar-refractivity contribution in [2.75, 3.05) is 25.1 Å². The number of carbonyl (C=O) groups is 1. The molecule has 0 bridgehead atoms. The average Bonchev–Trinajstić information content (AvgIpc) is 3.01. The van der Waals surface area contributed by atoms with Crippen molar-refractivity contribution in [3.8, 4) is 0 Å². The fourth-order valence-corrected chi connectivity index (χ4v) is 4.06. The van der Waals surface area contributed by atoms with Crippen LogP contribution >= 0.6 is 0 Å². The number of rotatable bonds is 3. The van der Waals surface area contributed by atoms with E-state index in [1.54, 1.807) is 4.90 Å². The van der Waals surface area contributed by atoms with Crippen molar-refractivity contribution in [2.24, 2.45) is 5.92 Å². The Morgan fingerprint density at radius 2 is 2.19 bits per heavy atom. The molecule has 5 nitrogen and oxygen atoms in total. The number of hydrogen-bond acceptors (Lipinski definition) is 3. The molecule has 0 aliphatic carbocycles. The lowest BCUT2D eigenvalue weighted by molar-refractivity contribution is 0.0788. The Morgan fingerprint density at radius 1 is 1.38 bits per heavy atom. The van der Waals surface area contributed by atoms with E-state index in [1.165, 1.54) is 6.26 Å². The number of hydrogen-bond donors (Lipinski definition) is 0. The number of pyridine rings is 1. The van der Waals surface area contributed by atoms with Gasteiger partial charge in [0.15, 0.2) is 0 Å². The van der Waals surface area contributed by atoms with Crippen LogP contribution in [0.15, 0.2) is 36.7 Å². The van der Waals surface area contributed by atoms with E-state index in [2.05, 4.69) is 0 Å². The molecule has 2 aromatic heterocycles. The first-order chi connectivity index (χ1) is 9.92. The largest absolute Gasteiger partial charge is 0.338 e. The van der Waals surface area contributed by atoms with E-state index in [9.17, 15) is 13.2 Å². The number of carbonyl (C=O) groups excluding carboxylic acids is 1. The summed E-state index contributed by atoms with van der Waals surface area (Å²) in [6.45, 7) is 1.16. The van der Waals surface area contributed by atoms with Gasteiger partial charge in [0.2, 0.25) is 0 Å². The van der Waals surface area contributed by atoms with Crippen LogP contribution in [0.5, 0.6) is 0 Å². The third-order valence-electron chi connectivity index (χ3n) is 3.86. The van der Waals surface area contributed by atoms with Crippen LogP contribution in [0.1, 0.15) is 16.8 Å². The minimum absolute atomic E-state index is 0.0188. The predicted molar refractivity (Wildman–Crippen MR) is 81.1 cm³/mol.